The molecule has 0 radical (unpaired) electrons. The molecule has 2 atom stereocenters. The number of benzene rings is 2. The fourth-order valence-corrected chi connectivity index (χ4v) is 5.31. The minimum atomic E-state index is -3.94. The van der Waals surface area contributed by atoms with Gasteiger partial charge in [0.2, 0.25) is 27.7 Å². The molecule has 2 aromatic carbocycles. The number of piperidine rings is 1. The summed E-state index contributed by atoms with van der Waals surface area (Å²) in [4.78, 5) is 43.0. The second-order valence-corrected chi connectivity index (χ2v) is 11.8. The summed E-state index contributed by atoms with van der Waals surface area (Å²) in [5.41, 5.74) is 1.40. The summed E-state index contributed by atoms with van der Waals surface area (Å²) >= 11 is 3.28. The highest BCUT2D eigenvalue weighted by Crippen LogP contribution is 2.27. The lowest BCUT2D eigenvalue weighted by Gasteiger charge is -2.25. The maximum atomic E-state index is 13.3. The van der Waals surface area contributed by atoms with Gasteiger partial charge in [0.15, 0.2) is 0 Å². The largest absolute Gasteiger partial charge is 0.343 e. The Kier molecular flexibility index (Phi) is 9.63. The van der Waals surface area contributed by atoms with E-state index in [1.165, 1.54) is 12.3 Å². The molecule has 40 heavy (non-hydrogen) atoms. The number of nitrogens with zero attached hydrogens (tertiary/aromatic N) is 1. The van der Waals surface area contributed by atoms with Crippen LogP contribution in [-0.2, 0) is 24.4 Å². The van der Waals surface area contributed by atoms with Gasteiger partial charge in [-0.05, 0) is 71.2 Å². The van der Waals surface area contributed by atoms with Crippen LogP contribution in [0.25, 0.3) is 11.1 Å². The summed E-state index contributed by atoms with van der Waals surface area (Å²) in [5, 5.41) is 16.6. The SMILES string of the molecule is NS(=O)(=O)c1ccccc1-c1ccc(NC(=O)C(CC(=O)Nc2ccc(Br)cn2)NC(=O)C2CCCNC2)cc1. The van der Waals surface area contributed by atoms with Crippen molar-refractivity contribution in [2.75, 3.05) is 23.7 Å². The van der Waals surface area contributed by atoms with Gasteiger partial charge in [-0.15, -0.1) is 0 Å². The molecule has 0 aliphatic carbocycles. The van der Waals surface area contributed by atoms with Crippen LogP contribution in [0.2, 0.25) is 0 Å². The molecular formula is C27H29BrN6O5S. The van der Waals surface area contributed by atoms with Crippen molar-refractivity contribution in [1.29, 1.82) is 0 Å². The van der Waals surface area contributed by atoms with E-state index in [0.29, 0.717) is 35.6 Å². The van der Waals surface area contributed by atoms with Crippen LogP contribution in [0.4, 0.5) is 11.5 Å². The van der Waals surface area contributed by atoms with Crippen molar-refractivity contribution in [3.05, 3.63) is 71.3 Å². The fraction of sp³-hybridized carbons (Fsp3) is 0.259. The van der Waals surface area contributed by atoms with E-state index in [1.807, 2.05) is 0 Å². The molecule has 1 aliphatic heterocycles. The number of hydrogen-bond donors (Lipinski definition) is 5. The third-order valence-corrected chi connectivity index (χ3v) is 7.78. The number of sulfonamides is 1. The van der Waals surface area contributed by atoms with Gasteiger partial charge in [-0.2, -0.15) is 0 Å². The van der Waals surface area contributed by atoms with E-state index in [4.69, 9.17) is 5.14 Å². The quantitative estimate of drug-likeness (QED) is 0.242. The smallest absolute Gasteiger partial charge is 0.247 e. The van der Waals surface area contributed by atoms with E-state index < -0.39 is 27.9 Å². The van der Waals surface area contributed by atoms with E-state index >= 15 is 0 Å². The zero-order chi connectivity index (χ0) is 28.7. The third kappa shape index (κ3) is 7.94. The van der Waals surface area contributed by atoms with E-state index in [2.05, 4.69) is 42.2 Å². The Morgan fingerprint density at radius 2 is 1.80 bits per heavy atom. The summed E-state index contributed by atoms with van der Waals surface area (Å²) in [6.07, 6.45) is 2.74. The highest BCUT2D eigenvalue weighted by Gasteiger charge is 2.28. The summed E-state index contributed by atoms with van der Waals surface area (Å²) in [6, 6.07) is 15.0. The number of anilines is 2. The molecule has 2 unspecified atom stereocenters. The molecular weight excluding hydrogens is 600 g/mol. The van der Waals surface area contributed by atoms with Crippen LogP contribution in [0, 0.1) is 5.92 Å². The van der Waals surface area contributed by atoms with Crippen molar-refractivity contribution in [1.82, 2.24) is 15.6 Å². The number of nitrogens with two attached hydrogens (primary N) is 1. The molecule has 1 saturated heterocycles. The first-order valence-electron chi connectivity index (χ1n) is 12.6. The number of amides is 3. The van der Waals surface area contributed by atoms with Crippen molar-refractivity contribution in [2.24, 2.45) is 11.1 Å². The molecule has 1 aliphatic rings. The number of pyridine rings is 1. The Morgan fingerprint density at radius 3 is 2.45 bits per heavy atom. The molecule has 3 aromatic rings. The molecule has 1 fully saturated rings. The molecule has 2 heterocycles. The third-order valence-electron chi connectivity index (χ3n) is 6.34. The molecule has 11 nitrogen and oxygen atoms in total. The number of carbonyl (C=O) groups is 3. The molecule has 1 aromatic heterocycles. The number of nitrogens with one attached hydrogen (secondary N) is 4. The van der Waals surface area contributed by atoms with Gasteiger partial charge < -0.3 is 21.3 Å². The molecule has 210 valence electrons. The fourth-order valence-electron chi connectivity index (χ4n) is 4.32. The Labute approximate surface area is 240 Å². The Balaban J connectivity index is 1.49. The summed E-state index contributed by atoms with van der Waals surface area (Å²) in [7, 11) is -3.94. The van der Waals surface area contributed by atoms with Crippen LogP contribution < -0.4 is 26.4 Å². The van der Waals surface area contributed by atoms with Crippen LogP contribution in [0.3, 0.4) is 0 Å². The predicted octanol–water partition coefficient (Wildman–Crippen LogP) is 2.61. The van der Waals surface area contributed by atoms with Crippen molar-refractivity contribution >= 4 is 55.2 Å². The minimum absolute atomic E-state index is 0.0157. The highest BCUT2D eigenvalue weighted by molar-refractivity contribution is 9.10. The van der Waals surface area contributed by atoms with E-state index in [-0.39, 0.29) is 23.1 Å². The number of halogens is 1. The van der Waals surface area contributed by atoms with E-state index in [9.17, 15) is 22.8 Å². The molecule has 3 amide bonds. The number of aromatic nitrogens is 1. The maximum Gasteiger partial charge on any atom is 0.247 e. The van der Waals surface area contributed by atoms with Crippen LogP contribution in [0.1, 0.15) is 19.3 Å². The summed E-state index contributed by atoms with van der Waals surface area (Å²) in [5.74, 6) is -1.37. The Bertz CT molecular complexity index is 1480. The maximum absolute atomic E-state index is 13.3. The average molecular weight is 630 g/mol. The van der Waals surface area contributed by atoms with Crippen molar-refractivity contribution in [2.45, 2.75) is 30.2 Å². The van der Waals surface area contributed by atoms with E-state index in [0.717, 1.165) is 17.4 Å². The molecule has 4 rings (SSSR count). The van der Waals surface area contributed by atoms with Gasteiger partial charge >= 0.3 is 0 Å². The lowest BCUT2D eigenvalue weighted by atomic mass is 9.98. The van der Waals surface area contributed by atoms with E-state index in [1.54, 1.807) is 54.6 Å². The number of carbonyl (C=O) groups excluding carboxylic acids is 3. The Hall–Kier alpha value is -3.65. The summed E-state index contributed by atoms with van der Waals surface area (Å²) < 4.78 is 24.7. The number of hydrogen-bond acceptors (Lipinski definition) is 7. The topological polar surface area (TPSA) is 172 Å². The van der Waals surface area contributed by atoms with Crippen LogP contribution >= 0.6 is 15.9 Å². The molecule has 0 saturated carbocycles. The molecule has 0 bridgehead atoms. The van der Waals surface area contributed by atoms with Crippen molar-refractivity contribution in [3.8, 4) is 11.1 Å². The lowest BCUT2D eigenvalue weighted by Crippen LogP contribution is -2.50. The first kappa shape index (κ1) is 29.3. The zero-order valence-corrected chi connectivity index (χ0v) is 23.8. The van der Waals surface area contributed by atoms with Gasteiger partial charge in [0.1, 0.15) is 11.9 Å². The second kappa shape index (κ2) is 13.1. The molecule has 0 spiro atoms. The molecule has 6 N–H and O–H groups in total. The highest BCUT2D eigenvalue weighted by atomic mass is 79.9. The average Bonchev–Trinajstić information content (AvgIpc) is 2.94. The first-order valence-corrected chi connectivity index (χ1v) is 14.9. The summed E-state index contributed by atoms with van der Waals surface area (Å²) in [6.45, 7) is 1.32. The monoisotopic (exact) mass is 628 g/mol. The lowest BCUT2D eigenvalue weighted by molar-refractivity contribution is -0.130. The standard InChI is InChI=1S/C27H29BrN6O5S/c28-19-9-12-24(31-16-19)34-25(35)14-22(33-26(36)18-4-3-13-30-15-18)27(37)32-20-10-7-17(8-11-20)21-5-1-2-6-23(21)40(29,38)39/h1-2,5-12,16,18,22,30H,3-4,13-15H2,(H,32,37)(H,33,36)(H2,29,38,39)(H,31,34,35). The predicted molar refractivity (Wildman–Crippen MR) is 155 cm³/mol. The molecule has 13 heteroatoms. The van der Waals surface area contributed by atoms with Crippen LogP contribution in [0.15, 0.2) is 76.2 Å². The van der Waals surface area contributed by atoms with Gasteiger partial charge in [0.25, 0.3) is 0 Å². The zero-order valence-electron chi connectivity index (χ0n) is 21.4. The van der Waals surface area contributed by atoms with Gasteiger partial charge in [0, 0.05) is 28.5 Å². The van der Waals surface area contributed by atoms with Crippen molar-refractivity contribution < 1.29 is 22.8 Å². The number of primary sulfonamides is 1. The normalized spacial score (nSPS) is 16.0. The number of rotatable bonds is 9. The van der Waals surface area contributed by atoms with Gasteiger partial charge in [-0.3, -0.25) is 14.4 Å². The van der Waals surface area contributed by atoms with Gasteiger partial charge in [-0.25, -0.2) is 18.5 Å². The van der Waals surface area contributed by atoms with Crippen molar-refractivity contribution in [3.63, 3.8) is 0 Å². The van der Waals surface area contributed by atoms with Crippen LogP contribution in [-0.4, -0.2) is 50.3 Å². The minimum Gasteiger partial charge on any atom is -0.343 e. The first-order chi connectivity index (χ1) is 19.1. The van der Waals surface area contributed by atoms with Gasteiger partial charge in [-0.1, -0.05) is 30.3 Å². The van der Waals surface area contributed by atoms with Crippen LogP contribution in [0.5, 0.6) is 0 Å². The van der Waals surface area contributed by atoms with Gasteiger partial charge in [0.05, 0.1) is 17.2 Å². The second-order valence-electron chi connectivity index (χ2n) is 9.33. The Morgan fingerprint density at radius 1 is 1.05 bits per heavy atom.